The molecule has 35 heavy (non-hydrogen) atoms. The van der Waals surface area contributed by atoms with Crippen LogP contribution in [0.5, 0.6) is 0 Å². The summed E-state index contributed by atoms with van der Waals surface area (Å²) < 4.78 is 0. The average molecular weight is 499 g/mol. The highest BCUT2D eigenvalue weighted by Crippen LogP contribution is 2.38. The van der Waals surface area contributed by atoms with Crippen LogP contribution in [0.4, 0.5) is 11.6 Å². The van der Waals surface area contributed by atoms with Gasteiger partial charge in [0.05, 0.1) is 5.92 Å². The largest absolute Gasteiger partial charge is 0.350 e. The van der Waals surface area contributed by atoms with Gasteiger partial charge in [-0.3, -0.25) is 9.59 Å². The molecule has 2 aliphatic rings. The normalized spacial score (nSPS) is 23.2. The predicted molar refractivity (Wildman–Crippen MR) is 139 cm³/mol. The van der Waals surface area contributed by atoms with E-state index in [9.17, 15) is 9.59 Å². The van der Waals surface area contributed by atoms with Crippen molar-refractivity contribution in [3.8, 4) is 0 Å². The van der Waals surface area contributed by atoms with Gasteiger partial charge < -0.3 is 20.4 Å². The Morgan fingerprint density at radius 3 is 2.54 bits per heavy atom. The minimum Gasteiger partial charge on any atom is -0.350 e. The third-order valence-electron chi connectivity index (χ3n) is 7.22. The standard InChI is InChI=1S/C26H35ClN6O2/c1-15(2)28-13-21(19-6-8-20(27)9-7-19)26(35)33-11-10-32(17(4)18(33)5)25-23-16(3)12-22(34)31-24(23)29-14-30-25/h6-9,14-18,21,28H,10-13H2,1-5H3,(H,29,30,31,34)/t16-,17-,18+,21-/m1/s1. The minimum absolute atomic E-state index is 0.0188. The number of carbonyl (C=O) groups excluding carboxylic acids is 2. The van der Waals surface area contributed by atoms with Crippen molar-refractivity contribution in [2.75, 3.05) is 29.9 Å². The van der Waals surface area contributed by atoms with E-state index in [1.807, 2.05) is 36.1 Å². The number of fused-ring (bicyclic) bond motifs is 1. The Morgan fingerprint density at radius 1 is 1.14 bits per heavy atom. The molecule has 4 atom stereocenters. The second-order valence-electron chi connectivity index (χ2n) is 9.99. The molecule has 3 heterocycles. The van der Waals surface area contributed by atoms with Gasteiger partial charge in [-0.05, 0) is 37.5 Å². The molecule has 2 N–H and O–H groups in total. The molecule has 1 aromatic carbocycles. The summed E-state index contributed by atoms with van der Waals surface area (Å²) in [7, 11) is 0. The first-order valence-corrected chi connectivity index (χ1v) is 12.8. The van der Waals surface area contributed by atoms with E-state index in [4.69, 9.17) is 11.6 Å². The molecule has 2 amide bonds. The van der Waals surface area contributed by atoms with Crippen molar-refractivity contribution < 1.29 is 9.59 Å². The van der Waals surface area contributed by atoms with Crippen molar-refractivity contribution in [3.63, 3.8) is 0 Å². The van der Waals surface area contributed by atoms with Gasteiger partial charge in [-0.1, -0.05) is 44.5 Å². The van der Waals surface area contributed by atoms with E-state index in [-0.39, 0.29) is 41.8 Å². The van der Waals surface area contributed by atoms with Crippen LogP contribution in [0.3, 0.4) is 0 Å². The zero-order valence-corrected chi connectivity index (χ0v) is 21.8. The van der Waals surface area contributed by atoms with Crippen LogP contribution in [0.2, 0.25) is 5.02 Å². The van der Waals surface area contributed by atoms with E-state index in [0.29, 0.717) is 36.9 Å². The van der Waals surface area contributed by atoms with Gasteiger partial charge in [0.25, 0.3) is 0 Å². The molecule has 188 valence electrons. The Labute approximate surface area is 212 Å². The third kappa shape index (κ3) is 5.28. The van der Waals surface area contributed by atoms with E-state index >= 15 is 0 Å². The van der Waals surface area contributed by atoms with Crippen LogP contribution in [-0.2, 0) is 9.59 Å². The molecule has 4 rings (SSSR count). The summed E-state index contributed by atoms with van der Waals surface area (Å²) in [6.07, 6.45) is 1.93. The maximum atomic E-state index is 13.9. The van der Waals surface area contributed by atoms with Gasteiger partial charge in [0.15, 0.2) is 0 Å². The van der Waals surface area contributed by atoms with Gasteiger partial charge in [-0.15, -0.1) is 0 Å². The molecule has 0 unspecified atom stereocenters. The van der Waals surface area contributed by atoms with E-state index in [1.165, 1.54) is 6.33 Å². The smallest absolute Gasteiger partial charge is 0.231 e. The van der Waals surface area contributed by atoms with Gasteiger partial charge >= 0.3 is 0 Å². The number of carbonyl (C=O) groups is 2. The number of aromatic nitrogens is 2. The zero-order valence-electron chi connectivity index (χ0n) is 21.1. The van der Waals surface area contributed by atoms with Crippen LogP contribution < -0.4 is 15.5 Å². The van der Waals surface area contributed by atoms with E-state index in [2.05, 4.69) is 53.2 Å². The maximum Gasteiger partial charge on any atom is 0.231 e. The van der Waals surface area contributed by atoms with Crippen LogP contribution in [0.1, 0.15) is 64.0 Å². The molecule has 0 bridgehead atoms. The number of rotatable bonds is 6. The van der Waals surface area contributed by atoms with E-state index in [0.717, 1.165) is 16.9 Å². The van der Waals surface area contributed by atoms with Gasteiger partial charge in [-0.25, -0.2) is 9.97 Å². The van der Waals surface area contributed by atoms with Crippen molar-refractivity contribution in [2.45, 2.75) is 71.0 Å². The Kier molecular flexibility index (Phi) is 7.62. The molecular weight excluding hydrogens is 464 g/mol. The number of nitrogens with one attached hydrogen (secondary N) is 2. The summed E-state index contributed by atoms with van der Waals surface area (Å²) >= 11 is 6.11. The number of anilines is 2. The highest BCUT2D eigenvalue weighted by atomic mass is 35.5. The second-order valence-corrected chi connectivity index (χ2v) is 10.4. The maximum absolute atomic E-state index is 13.9. The Hall–Kier alpha value is -2.71. The summed E-state index contributed by atoms with van der Waals surface area (Å²) in [6.45, 7) is 12.3. The van der Waals surface area contributed by atoms with Crippen LogP contribution in [0.15, 0.2) is 30.6 Å². The van der Waals surface area contributed by atoms with Gasteiger partial charge in [0.1, 0.15) is 18.0 Å². The lowest BCUT2D eigenvalue weighted by Gasteiger charge is -2.47. The molecular formula is C26H35ClN6O2. The topological polar surface area (TPSA) is 90.5 Å². The van der Waals surface area contributed by atoms with Crippen molar-refractivity contribution in [1.29, 1.82) is 0 Å². The van der Waals surface area contributed by atoms with Crippen molar-refractivity contribution >= 4 is 35.1 Å². The molecule has 8 nitrogen and oxygen atoms in total. The molecule has 1 aromatic heterocycles. The number of piperazine rings is 1. The summed E-state index contributed by atoms with van der Waals surface area (Å²) in [5, 5.41) is 6.98. The zero-order chi connectivity index (χ0) is 25.3. The summed E-state index contributed by atoms with van der Waals surface area (Å²) in [5.41, 5.74) is 1.94. The van der Waals surface area contributed by atoms with Crippen molar-refractivity contribution in [1.82, 2.24) is 20.2 Å². The summed E-state index contributed by atoms with van der Waals surface area (Å²) in [4.78, 5) is 39.1. The van der Waals surface area contributed by atoms with Crippen LogP contribution in [0.25, 0.3) is 0 Å². The van der Waals surface area contributed by atoms with Crippen LogP contribution >= 0.6 is 11.6 Å². The first-order chi connectivity index (χ1) is 16.7. The predicted octanol–water partition coefficient (Wildman–Crippen LogP) is 3.78. The lowest BCUT2D eigenvalue weighted by molar-refractivity contribution is -0.136. The Bertz CT molecular complexity index is 1080. The second kappa shape index (κ2) is 10.5. The molecule has 2 aromatic rings. The molecule has 0 spiro atoms. The van der Waals surface area contributed by atoms with Crippen LogP contribution in [-0.4, -0.2) is 64.4 Å². The van der Waals surface area contributed by atoms with E-state index in [1.54, 1.807) is 0 Å². The fourth-order valence-electron chi connectivity index (χ4n) is 5.08. The molecule has 9 heteroatoms. The number of amides is 2. The first-order valence-electron chi connectivity index (χ1n) is 12.4. The molecule has 1 saturated heterocycles. The Balaban J connectivity index is 1.57. The quantitative estimate of drug-likeness (QED) is 0.630. The van der Waals surface area contributed by atoms with Crippen molar-refractivity contribution in [3.05, 3.63) is 46.7 Å². The number of hydrogen-bond acceptors (Lipinski definition) is 6. The molecule has 0 aliphatic carbocycles. The fourth-order valence-corrected chi connectivity index (χ4v) is 5.21. The summed E-state index contributed by atoms with van der Waals surface area (Å²) in [5.74, 6) is 1.29. The summed E-state index contributed by atoms with van der Waals surface area (Å²) in [6, 6.07) is 7.87. The van der Waals surface area contributed by atoms with Crippen molar-refractivity contribution in [2.24, 2.45) is 0 Å². The van der Waals surface area contributed by atoms with Gasteiger partial charge in [-0.2, -0.15) is 0 Å². The number of halogens is 1. The van der Waals surface area contributed by atoms with Crippen LogP contribution in [0, 0.1) is 0 Å². The Morgan fingerprint density at radius 2 is 1.86 bits per heavy atom. The molecule has 0 radical (unpaired) electrons. The van der Waals surface area contributed by atoms with E-state index < -0.39 is 0 Å². The number of benzene rings is 1. The lowest BCUT2D eigenvalue weighted by Crippen LogP contribution is -2.60. The SMILES string of the molecule is CC(C)NC[C@@H](C(=O)N1CCN(c2ncnc3c2[C@H](C)CC(=O)N3)[C@H](C)[C@@H]1C)c1ccc(Cl)cc1. The first kappa shape index (κ1) is 25.4. The van der Waals surface area contributed by atoms with Gasteiger partial charge in [0, 0.05) is 54.8 Å². The third-order valence-corrected chi connectivity index (χ3v) is 7.48. The highest BCUT2D eigenvalue weighted by Gasteiger charge is 2.39. The number of nitrogens with zero attached hydrogens (tertiary/aromatic N) is 4. The monoisotopic (exact) mass is 498 g/mol. The highest BCUT2D eigenvalue weighted by molar-refractivity contribution is 6.30. The lowest BCUT2D eigenvalue weighted by atomic mass is 9.92. The number of hydrogen-bond donors (Lipinski definition) is 2. The molecule has 0 saturated carbocycles. The molecule has 2 aliphatic heterocycles. The van der Waals surface area contributed by atoms with Gasteiger partial charge in [0.2, 0.25) is 11.8 Å². The molecule has 1 fully saturated rings. The average Bonchev–Trinajstić information content (AvgIpc) is 2.81. The minimum atomic E-state index is -0.294. The fraction of sp³-hybridized carbons (Fsp3) is 0.538.